The van der Waals surface area contributed by atoms with Gasteiger partial charge in [0, 0.05) is 12.4 Å². The van der Waals surface area contributed by atoms with Crippen molar-refractivity contribution in [3.05, 3.63) is 24.3 Å². The molecule has 0 spiro atoms. The average Bonchev–Trinajstić information content (AvgIpc) is 2.65. The number of nitrogens with two attached hydrogens (primary N) is 1. The van der Waals surface area contributed by atoms with Gasteiger partial charge in [0.05, 0.1) is 30.2 Å². The van der Waals surface area contributed by atoms with Gasteiger partial charge in [0.25, 0.3) is 0 Å². The number of rotatable bonds is 2. The second kappa shape index (κ2) is 2.90. The van der Waals surface area contributed by atoms with Gasteiger partial charge in [-0.15, -0.1) is 0 Å². The van der Waals surface area contributed by atoms with Crippen molar-refractivity contribution in [3.63, 3.8) is 0 Å². The van der Waals surface area contributed by atoms with Crippen LogP contribution in [0.25, 0.3) is 0 Å². The first-order chi connectivity index (χ1) is 5.86. The van der Waals surface area contributed by atoms with Crippen molar-refractivity contribution in [2.45, 2.75) is 6.54 Å². The topological polar surface area (TPSA) is 69.6 Å². The van der Waals surface area contributed by atoms with E-state index in [1.54, 1.807) is 12.4 Å². The summed E-state index contributed by atoms with van der Waals surface area (Å²) in [6, 6.07) is 0. The van der Waals surface area contributed by atoms with Crippen molar-refractivity contribution in [1.29, 1.82) is 0 Å². The fraction of sp³-hybridized carbons (Fsp3) is 0.167. The standard InChI is InChI=1S/C6H7N5S/c7-6-8-1-2-11(6)4-5-3-9-12-10-5/h1-3H,4H2,(H2,7,8). The maximum absolute atomic E-state index is 5.56. The summed E-state index contributed by atoms with van der Waals surface area (Å²) < 4.78 is 9.76. The number of nitrogen functional groups attached to an aromatic ring is 1. The maximum Gasteiger partial charge on any atom is 0.200 e. The normalized spacial score (nSPS) is 10.3. The fourth-order valence-electron chi connectivity index (χ4n) is 0.903. The minimum atomic E-state index is 0.503. The van der Waals surface area contributed by atoms with Gasteiger partial charge in [0.1, 0.15) is 0 Å². The molecule has 0 fully saturated rings. The van der Waals surface area contributed by atoms with Crippen LogP contribution in [0.1, 0.15) is 5.69 Å². The summed E-state index contributed by atoms with van der Waals surface area (Å²) in [5, 5.41) is 0. The summed E-state index contributed by atoms with van der Waals surface area (Å²) in [6.45, 7) is 0.641. The molecular weight excluding hydrogens is 174 g/mol. The van der Waals surface area contributed by atoms with Crippen LogP contribution in [-0.4, -0.2) is 18.3 Å². The van der Waals surface area contributed by atoms with Crippen molar-refractivity contribution in [3.8, 4) is 0 Å². The number of hydrogen-bond acceptors (Lipinski definition) is 5. The molecule has 2 aromatic heterocycles. The first-order valence-corrected chi connectivity index (χ1v) is 4.12. The predicted octanol–water partition coefficient (Wildman–Crippen LogP) is 0.365. The zero-order chi connectivity index (χ0) is 8.39. The molecule has 0 atom stereocenters. The molecule has 2 aromatic rings. The number of aromatic nitrogens is 4. The van der Waals surface area contributed by atoms with Gasteiger partial charge in [-0.2, -0.15) is 8.75 Å². The molecule has 12 heavy (non-hydrogen) atoms. The van der Waals surface area contributed by atoms with Crippen LogP contribution in [-0.2, 0) is 6.54 Å². The van der Waals surface area contributed by atoms with E-state index in [1.807, 2.05) is 10.8 Å². The van der Waals surface area contributed by atoms with E-state index >= 15 is 0 Å². The molecule has 0 unspecified atom stereocenters. The van der Waals surface area contributed by atoms with E-state index in [1.165, 1.54) is 11.7 Å². The lowest BCUT2D eigenvalue weighted by molar-refractivity contribution is 0.794. The lowest BCUT2D eigenvalue weighted by Gasteiger charge is -1.99. The highest BCUT2D eigenvalue weighted by Gasteiger charge is 2.00. The van der Waals surface area contributed by atoms with Crippen molar-refractivity contribution in [2.75, 3.05) is 5.73 Å². The summed E-state index contributed by atoms with van der Waals surface area (Å²) in [5.41, 5.74) is 6.47. The molecule has 0 aliphatic rings. The molecule has 62 valence electrons. The zero-order valence-electron chi connectivity index (χ0n) is 6.21. The van der Waals surface area contributed by atoms with Crippen LogP contribution >= 0.6 is 11.7 Å². The Bertz CT molecular complexity index is 352. The molecule has 2 N–H and O–H groups in total. The van der Waals surface area contributed by atoms with E-state index in [0.29, 0.717) is 12.5 Å². The molecule has 0 saturated carbocycles. The van der Waals surface area contributed by atoms with E-state index in [0.717, 1.165) is 5.69 Å². The molecular formula is C6H7N5S. The Hall–Kier alpha value is -1.43. The van der Waals surface area contributed by atoms with E-state index in [2.05, 4.69) is 13.7 Å². The molecule has 6 heteroatoms. The average molecular weight is 181 g/mol. The van der Waals surface area contributed by atoms with E-state index < -0.39 is 0 Å². The third-order valence-electron chi connectivity index (χ3n) is 1.49. The van der Waals surface area contributed by atoms with Crippen LogP contribution in [0.3, 0.4) is 0 Å². The van der Waals surface area contributed by atoms with Crippen LogP contribution in [0.2, 0.25) is 0 Å². The Morgan fingerprint density at radius 1 is 1.58 bits per heavy atom. The number of imidazole rings is 1. The van der Waals surface area contributed by atoms with Crippen molar-refractivity contribution >= 4 is 17.7 Å². The molecule has 0 aromatic carbocycles. The van der Waals surface area contributed by atoms with Gasteiger partial charge >= 0.3 is 0 Å². The van der Waals surface area contributed by atoms with Gasteiger partial charge in [0.15, 0.2) is 5.95 Å². The van der Waals surface area contributed by atoms with Gasteiger partial charge in [-0.1, -0.05) is 0 Å². The highest BCUT2D eigenvalue weighted by molar-refractivity contribution is 6.99. The Morgan fingerprint density at radius 2 is 2.50 bits per heavy atom. The number of nitrogens with zero attached hydrogens (tertiary/aromatic N) is 4. The molecule has 0 bridgehead atoms. The summed E-state index contributed by atoms with van der Waals surface area (Å²) in [5.74, 6) is 0.503. The van der Waals surface area contributed by atoms with Crippen LogP contribution in [0.15, 0.2) is 18.6 Å². The number of hydrogen-bond donors (Lipinski definition) is 1. The molecule has 2 rings (SSSR count). The van der Waals surface area contributed by atoms with Crippen molar-refractivity contribution in [2.24, 2.45) is 0 Å². The molecule has 0 aliphatic carbocycles. The highest BCUT2D eigenvalue weighted by atomic mass is 32.1. The minimum Gasteiger partial charge on any atom is -0.369 e. The molecule has 0 radical (unpaired) electrons. The minimum absolute atomic E-state index is 0.503. The maximum atomic E-state index is 5.56. The van der Waals surface area contributed by atoms with Crippen LogP contribution in [0, 0.1) is 0 Å². The third-order valence-corrected chi connectivity index (χ3v) is 2.00. The molecule has 2 heterocycles. The van der Waals surface area contributed by atoms with E-state index in [4.69, 9.17) is 5.73 Å². The molecule has 5 nitrogen and oxygen atoms in total. The lowest BCUT2D eigenvalue weighted by atomic mass is 10.5. The fourth-order valence-corrected chi connectivity index (χ4v) is 1.33. The van der Waals surface area contributed by atoms with Gasteiger partial charge < -0.3 is 10.3 Å². The van der Waals surface area contributed by atoms with E-state index in [-0.39, 0.29) is 0 Å². The lowest BCUT2D eigenvalue weighted by Crippen LogP contribution is -2.03. The van der Waals surface area contributed by atoms with Gasteiger partial charge in [-0.05, 0) is 0 Å². The summed E-state index contributed by atoms with van der Waals surface area (Å²) in [6.07, 6.45) is 5.20. The molecule has 0 saturated heterocycles. The third kappa shape index (κ3) is 1.28. The van der Waals surface area contributed by atoms with E-state index in [9.17, 15) is 0 Å². The molecule has 0 aliphatic heterocycles. The zero-order valence-corrected chi connectivity index (χ0v) is 7.03. The first-order valence-electron chi connectivity index (χ1n) is 3.39. The van der Waals surface area contributed by atoms with Crippen LogP contribution in [0.4, 0.5) is 5.95 Å². The highest BCUT2D eigenvalue weighted by Crippen LogP contribution is 2.03. The second-order valence-corrected chi connectivity index (χ2v) is 2.87. The van der Waals surface area contributed by atoms with Crippen LogP contribution in [0.5, 0.6) is 0 Å². The second-order valence-electron chi connectivity index (χ2n) is 2.31. The summed E-state index contributed by atoms with van der Waals surface area (Å²) in [4.78, 5) is 3.89. The first kappa shape index (κ1) is 7.23. The largest absolute Gasteiger partial charge is 0.369 e. The Balaban J connectivity index is 2.20. The van der Waals surface area contributed by atoms with Gasteiger partial charge in [0.2, 0.25) is 0 Å². The quantitative estimate of drug-likeness (QED) is 0.726. The van der Waals surface area contributed by atoms with Gasteiger partial charge in [-0.25, -0.2) is 4.98 Å². The Morgan fingerprint density at radius 3 is 3.08 bits per heavy atom. The predicted molar refractivity (Wildman–Crippen MR) is 45.7 cm³/mol. The van der Waals surface area contributed by atoms with Crippen molar-refractivity contribution in [1.82, 2.24) is 18.3 Å². The number of anilines is 1. The van der Waals surface area contributed by atoms with Crippen LogP contribution < -0.4 is 5.73 Å². The van der Waals surface area contributed by atoms with Gasteiger partial charge in [-0.3, -0.25) is 0 Å². The Kier molecular flexibility index (Phi) is 1.75. The SMILES string of the molecule is Nc1nccn1Cc1cnsn1. The molecule has 0 amide bonds. The smallest absolute Gasteiger partial charge is 0.200 e. The Labute approximate surface area is 73.2 Å². The summed E-state index contributed by atoms with van der Waals surface area (Å²) >= 11 is 1.19. The van der Waals surface area contributed by atoms with Crippen molar-refractivity contribution < 1.29 is 0 Å². The monoisotopic (exact) mass is 181 g/mol. The summed E-state index contributed by atoms with van der Waals surface area (Å²) in [7, 11) is 0.